The Morgan fingerprint density at radius 2 is 1.82 bits per heavy atom. The smallest absolute Gasteiger partial charge is 0.192 e. The van der Waals surface area contributed by atoms with E-state index in [0.717, 1.165) is 12.1 Å². The van der Waals surface area contributed by atoms with Crippen molar-refractivity contribution in [2.45, 2.75) is 6.18 Å². The van der Waals surface area contributed by atoms with Crippen LogP contribution in [0.15, 0.2) is 28.2 Å². The third-order valence-electron chi connectivity index (χ3n) is 1.87. The molecule has 0 amide bonds. The standard InChI is InChI=1S/C11H4BrF3N2/c12-10-8(4-7(5-16)6-17)2-1-3-9(10)11(13,14)15/h1-4H. The lowest BCUT2D eigenvalue weighted by Crippen LogP contribution is -2.06. The molecule has 1 aromatic rings. The van der Waals surface area contributed by atoms with Gasteiger partial charge in [-0.1, -0.05) is 12.1 Å². The number of rotatable bonds is 1. The van der Waals surface area contributed by atoms with Crippen molar-refractivity contribution in [3.05, 3.63) is 39.4 Å². The molecule has 2 nitrogen and oxygen atoms in total. The highest BCUT2D eigenvalue weighted by Crippen LogP contribution is 2.36. The summed E-state index contributed by atoms with van der Waals surface area (Å²) < 4.78 is 37.5. The van der Waals surface area contributed by atoms with E-state index >= 15 is 0 Å². The number of nitrogens with zero attached hydrogens (tertiary/aromatic N) is 2. The van der Waals surface area contributed by atoms with Crippen molar-refractivity contribution in [1.29, 1.82) is 10.5 Å². The summed E-state index contributed by atoms with van der Waals surface area (Å²) in [6.45, 7) is 0. The van der Waals surface area contributed by atoms with Gasteiger partial charge in [0.1, 0.15) is 17.7 Å². The van der Waals surface area contributed by atoms with Crippen LogP contribution in [0.5, 0.6) is 0 Å². The molecule has 0 saturated carbocycles. The summed E-state index contributed by atoms with van der Waals surface area (Å²) in [5.41, 5.74) is -0.968. The van der Waals surface area contributed by atoms with Gasteiger partial charge in [-0.25, -0.2) is 0 Å². The predicted octanol–water partition coefficient (Wildman–Crippen LogP) is 3.90. The monoisotopic (exact) mass is 300 g/mol. The van der Waals surface area contributed by atoms with E-state index in [1.54, 1.807) is 12.1 Å². The van der Waals surface area contributed by atoms with Crippen molar-refractivity contribution in [3.63, 3.8) is 0 Å². The number of benzene rings is 1. The van der Waals surface area contributed by atoms with Gasteiger partial charge in [0.05, 0.1) is 5.56 Å². The highest BCUT2D eigenvalue weighted by Gasteiger charge is 2.33. The van der Waals surface area contributed by atoms with Crippen molar-refractivity contribution in [3.8, 4) is 12.1 Å². The van der Waals surface area contributed by atoms with Crippen molar-refractivity contribution in [1.82, 2.24) is 0 Å². The molecule has 6 heteroatoms. The number of allylic oxidation sites excluding steroid dienone is 1. The van der Waals surface area contributed by atoms with E-state index in [2.05, 4.69) is 15.9 Å². The van der Waals surface area contributed by atoms with Crippen LogP contribution in [0.4, 0.5) is 13.2 Å². The van der Waals surface area contributed by atoms with Crippen molar-refractivity contribution in [2.75, 3.05) is 0 Å². The largest absolute Gasteiger partial charge is 0.417 e. The van der Waals surface area contributed by atoms with E-state index < -0.39 is 11.7 Å². The van der Waals surface area contributed by atoms with E-state index in [9.17, 15) is 13.2 Å². The van der Waals surface area contributed by atoms with Crippen LogP contribution in [-0.4, -0.2) is 0 Å². The van der Waals surface area contributed by atoms with Gasteiger partial charge >= 0.3 is 6.18 Å². The SMILES string of the molecule is N#CC(C#N)=Cc1cccc(C(F)(F)F)c1Br. The Morgan fingerprint density at radius 1 is 1.24 bits per heavy atom. The molecule has 0 fully saturated rings. The van der Waals surface area contributed by atoms with E-state index in [1.807, 2.05) is 0 Å². The molecule has 86 valence electrons. The number of nitriles is 2. The first-order valence-corrected chi connectivity index (χ1v) is 5.07. The van der Waals surface area contributed by atoms with Crippen LogP contribution in [0.3, 0.4) is 0 Å². The van der Waals surface area contributed by atoms with Gasteiger partial charge in [-0.2, -0.15) is 23.7 Å². The summed E-state index contributed by atoms with van der Waals surface area (Å²) >= 11 is 2.82. The first kappa shape index (κ1) is 13.3. The summed E-state index contributed by atoms with van der Waals surface area (Å²) in [6, 6.07) is 6.68. The molecule has 0 aromatic heterocycles. The van der Waals surface area contributed by atoms with Gasteiger partial charge in [-0.15, -0.1) is 0 Å². The normalized spacial score (nSPS) is 10.2. The van der Waals surface area contributed by atoms with Crippen molar-refractivity contribution >= 4 is 22.0 Å². The molecular weight excluding hydrogens is 297 g/mol. The second kappa shape index (κ2) is 5.03. The minimum Gasteiger partial charge on any atom is -0.192 e. The number of hydrogen-bond donors (Lipinski definition) is 0. The first-order chi connectivity index (χ1) is 7.90. The Morgan fingerprint density at radius 3 is 2.29 bits per heavy atom. The molecule has 0 radical (unpaired) electrons. The van der Waals surface area contributed by atoms with Gasteiger partial charge in [-0.3, -0.25) is 0 Å². The minimum atomic E-state index is -4.48. The maximum absolute atomic E-state index is 12.5. The number of hydrogen-bond acceptors (Lipinski definition) is 2. The fourth-order valence-electron chi connectivity index (χ4n) is 1.13. The average molecular weight is 301 g/mol. The summed E-state index contributed by atoms with van der Waals surface area (Å²) in [4.78, 5) is 0. The van der Waals surface area contributed by atoms with Gasteiger partial charge in [0.2, 0.25) is 0 Å². The fraction of sp³-hybridized carbons (Fsp3) is 0.0909. The maximum Gasteiger partial charge on any atom is 0.417 e. The molecule has 0 aliphatic heterocycles. The van der Waals surface area contributed by atoms with E-state index in [0.29, 0.717) is 0 Å². The zero-order valence-electron chi connectivity index (χ0n) is 8.22. The topological polar surface area (TPSA) is 47.6 Å². The Balaban J connectivity index is 3.37. The molecule has 0 heterocycles. The van der Waals surface area contributed by atoms with Crippen molar-refractivity contribution in [2.24, 2.45) is 0 Å². The van der Waals surface area contributed by atoms with Crippen LogP contribution in [0.2, 0.25) is 0 Å². The molecule has 1 aromatic carbocycles. The second-order valence-electron chi connectivity index (χ2n) is 2.99. The van der Waals surface area contributed by atoms with E-state index in [-0.39, 0.29) is 15.6 Å². The summed E-state index contributed by atoms with van der Waals surface area (Å²) in [5.74, 6) is 0. The van der Waals surface area contributed by atoms with Gasteiger partial charge in [-0.05, 0) is 33.6 Å². The Kier molecular flexibility index (Phi) is 3.93. The van der Waals surface area contributed by atoms with Crippen LogP contribution in [0.1, 0.15) is 11.1 Å². The minimum absolute atomic E-state index is 0.137. The van der Waals surface area contributed by atoms with Gasteiger partial charge in [0.25, 0.3) is 0 Å². The van der Waals surface area contributed by atoms with Crippen LogP contribution in [0.25, 0.3) is 6.08 Å². The Hall–Kier alpha value is -1.79. The van der Waals surface area contributed by atoms with Crippen LogP contribution in [0, 0.1) is 22.7 Å². The van der Waals surface area contributed by atoms with Crippen LogP contribution < -0.4 is 0 Å². The van der Waals surface area contributed by atoms with Gasteiger partial charge in [0, 0.05) is 4.47 Å². The summed E-state index contributed by atoms with van der Waals surface area (Å²) in [6.07, 6.45) is -3.39. The third kappa shape index (κ3) is 3.08. The molecule has 0 aliphatic carbocycles. The predicted molar refractivity (Wildman–Crippen MR) is 58.3 cm³/mol. The lowest BCUT2D eigenvalue weighted by atomic mass is 10.1. The number of alkyl halides is 3. The third-order valence-corrected chi connectivity index (χ3v) is 2.76. The van der Waals surface area contributed by atoms with Gasteiger partial charge < -0.3 is 0 Å². The highest BCUT2D eigenvalue weighted by molar-refractivity contribution is 9.10. The van der Waals surface area contributed by atoms with E-state index in [4.69, 9.17) is 10.5 Å². The zero-order valence-corrected chi connectivity index (χ0v) is 9.80. The average Bonchev–Trinajstić information content (AvgIpc) is 2.26. The maximum atomic E-state index is 12.5. The highest BCUT2D eigenvalue weighted by atomic mass is 79.9. The lowest BCUT2D eigenvalue weighted by molar-refractivity contribution is -0.138. The van der Waals surface area contributed by atoms with Crippen molar-refractivity contribution < 1.29 is 13.2 Å². The molecule has 0 aliphatic rings. The van der Waals surface area contributed by atoms with Crippen LogP contribution >= 0.6 is 15.9 Å². The molecule has 0 N–H and O–H groups in total. The molecule has 0 unspecified atom stereocenters. The molecule has 17 heavy (non-hydrogen) atoms. The lowest BCUT2D eigenvalue weighted by Gasteiger charge is -2.10. The summed E-state index contributed by atoms with van der Waals surface area (Å²) in [5, 5.41) is 17.1. The molecular formula is C11H4BrF3N2. The Labute approximate surface area is 104 Å². The molecule has 0 spiro atoms. The zero-order chi connectivity index (χ0) is 13.1. The molecule has 0 atom stereocenters. The second-order valence-corrected chi connectivity index (χ2v) is 3.78. The van der Waals surface area contributed by atoms with Gasteiger partial charge in [0.15, 0.2) is 0 Å². The van der Waals surface area contributed by atoms with Crippen LogP contribution in [-0.2, 0) is 6.18 Å². The first-order valence-electron chi connectivity index (χ1n) is 4.27. The fourth-order valence-corrected chi connectivity index (χ4v) is 1.73. The quantitative estimate of drug-likeness (QED) is 0.739. The molecule has 0 bridgehead atoms. The molecule has 0 saturated heterocycles. The Bertz CT molecular complexity index is 531. The number of halogens is 4. The van der Waals surface area contributed by atoms with E-state index in [1.165, 1.54) is 12.1 Å². The molecule has 1 rings (SSSR count). The summed E-state index contributed by atoms with van der Waals surface area (Å²) in [7, 11) is 0.